The molecule has 1 unspecified atom stereocenters. The lowest BCUT2D eigenvalue weighted by atomic mass is 9.96. The second-order valence-electron chi connectivity index (χ2n) is 6.15. The van der Waals surface area contributed by atoms with E-state index in [1.807, 2.05) is 18.4 Å². The summed E-state index contributed by atoms with van der Waals surface area (Å²) in [4.78, 5) is 25.4. The number of carbonyl (C=O) groups excluding carboxylic acids is 1. The number of amides is 1. The maximum Gasteiger partial charge on any atom is 0.307 e. The van der Waals surface area contributed by atoms with Crippen LogP contribution in [0.2, 0.25) is 0 Å². The number of hydrogen-bond donors (Lipinski definition) is 1. The molecule has 2 aromatic rings. The minimum atomic E-state index is 0.0147. The van der Waals surface area contributed by atoms with Gasteiger partial charge in [-0.1, -0.05) is 30.2 Å². The van der Waals surface area contributed by atoms with Crippen LogP contribution in [-0.4, -0.2) is 10.5 Å². The molecule has 0 saturated heterocycles. The molecule has 4 nitrogen and oxygen atoms in total. The first kappa shape index (κ1) is 16.5. The maximum absolute atomic E-state index is 12.4. The molecule has 1 fully saturated rings. The minimum Gasteiger partial charge on any atom is -0.348 e. The Kier molecular flexibility index (Phi) is 5.33. The number of carbonyl (C=O) groups is 1. The summed E-state index contributed by atoms with van der Waals surface area (Å²) in [6, 6.07) is 4.29. The SMILES string of the molecule is Cc1csc(=O)n1CCC(=O)NC(c1cccs1)C1CCCC1. The number of hydrogen-bond acceptors (Lipinski definition) is 4. The topological polar surface area (TPSA) is 51.1 Å². The fraction of sp³-hybridized carbons (Fsp3) is 0.529. The predicted octanol–water partition coefficient (Wildman–Crippen LogP) is 3.72. The zero-order valence-electron chi connectivity index (χ0n) is 13.3. The molecule has 0 bridgehead atoms. The molecule has 1 saturated carbocycles. The fourth-order valence-electron chi connectivity index (χ4n) is 3.31. The van der Waals surface area contributed by atoms with E-state index in [4.69, 9.17) is 0 Å². The summed E-state index contributed by atoms with van der Waals surface area (Å²) in [5.74, 6) is 0.580. The normalized spacial score (nSPS) is 16.6. The molecule has 0 aliphatic heterocycles. The van der Waals surface area contributed by atoms with Gasteiger partial charge in [0.2, 0.25) is 5.91 Å². The quantitative estimate of drug-likeness (QED) is 0.863. The van der Waals surface area contributed by atoms with E-state index < -0.39 is 0 Å². The van der Waals surface area contributed by atoms with Gasteiger partial charge in [-0.05, 0) is 37.1 Å². The maximum atomic E-state index is 12.4. The smallest absolute Gasteiger partial charge is 0.307 e. The van der Waals surface area contributed by atoms with Gasteiger partial charge in [-0.15, -0.1) is 11.3 Å². The van der Waals surface area contributed by atoms with Gasteiger partial charge in [-0.3, -0.25) is 9.59 Å². The van der Waals surface area contributed by atoms with E-state index in [-0.39, 0.29) is 16.8 Å². The van der Waals surface area contributed by atoms with Crippen molar-refractivity contribution in [3.63, 3.8) is 0 Å². The third-order valence-electron chi connectivity index (χ3n) is 4.58. The average molecular weight is 351 g/mol. The van der Waals surface area contributed by atoms with Crippen molar-refractivity contribution in [1.82, 2.24) is 9.88 Å². The van der Waals surface area contributed by atoms with Crippen LogP contribution in [-0.2, 0) is 11.3 Å². The molecule has 23 heavy (non-hydrogen) atoms. The fourth-order valence-corrected chi connectivity index (χ4v) is 4.94. The molecule has 124 valence electrons. The van der Waals surface area contributed by atoms with Crippen LogP contribution in [0.4, 0.5) is 0 Å². The van der Waals surface area contributed by atoms with Gasteiger partial charge in [0, 0.05) is 28.9 Å². The zero-order chi connectivity index (χ0) is 16.2. The Morgan fingerprint density at radius 3 is 2.78 bits per heavy atom. The molecule has 6 heteroatoms. The average Bonchev–Trinajstić information content (AvgIpc) is 3.27. The third-order valence-corrected chi connectivity index (χ3v) is 6.41. The summed E-state index contributed by atoms with van der Waals surface area (Å²) in [5.41, 5.74) is 0.929. The van der Waals surface area contributed by atoms with Crippen molar-refractivity contribution in [3.05, 3.63) is 43.1 Å². The van der Waals surface area contributed by atoms with Crippen LogP contribution in [0.5, 0.6) is 0 Å². The van der Waals surface area contributed by atoms with Gasteiger partial charge < -0.3 is 9.88 Å². The Morgan fingerprint density at radius 1 is 1.39 bits per heavy atom. The molecule has 1 aliphatic carbocycles. The van der Waals surface area contributed by atoms with Gasteiger partial charge in [0.05, 0.1) is 6.04 Å². The summed E-state index contributed by atoms with van der Waals surface area (Å²) < 4.78 is 1.68. The van der Waals surface area contributed by atoms with E-state index in [0.717, 1.165) is 5.69 Å². The first-order chi connectivity index (χ1) is 11.1. The Hall–Kier alpha value is -1.40. The summed E-state index contributed by atoms with van der Waals surface area (Å²) in [6.45, 7) is 2.37. The molecule has 1 N–H and O–H groups in total. The molecule has 0 spiro atoms. The molecule has 0 radical (unpaired) electrons. The van der Waals surface area contributed by atoms with Crippen LogP contribution in [0.1, 0.15) is 48.7 Å². The van der Waals surface area contributed by atoms with Crippen LogP contribution in [0.25, 0.3) is 0 Å². The van der Waals surface area contributed by atoms with Crippen LogP contribution in [0.15, 0.2) is 27.7 Å². The zero-order valence-corrected chi connectivity index (χ0v) is 14.9. The van der Waals surface area contributed by atoms with Crippen LogP contribution < -0.4 is 10.2 Å². The summed E-state index contributed by atoms with van der Waals surface area (Å²) in [7, 11) is 0. The molecule has 1 amide bonds. The number of nitrogens with one attached hydrogen (secondary N) is 1. The number of aryl methyl sites for hydroxylation is 1. The summed E-state index contributed by atoms with van der Waals surface area (Å²) >= 11 is 2.90. The molecule has 2 aromatic heterocycles. The second-order valence-corrected chi connectivity index (χ2v) is 7.95. The highest BCUT2D eigenvalue weighted by molar-refractivity contribution is 7.10. The number of aromatic nitrogens is 1. The summed E-state index contributed by atoms with van der Waals surface area (Å²) in [5, 5.41) is 7.13. The Morgan fingerprint density at radius 2 is 2.17 bits per heavy atom. The van der Waals surface area contributed by atoms with E-state index in [1.54, 1.807) is 15.9 Å². The lowest BCUT2D eigenvalue weighted by Gasteiger charge is -2.24. The van der Waals surface area contributed by atoms with Crippen molar-refractivity contribution >= 4 is 28.6 Å². The molecule has 2 heterocycles. The standard InChI is InChI=1S/C17H22N2O2S2/c1-12-11-23-17(21)19(12)9-8-15(20)18-16(13-5-2-3-6-13)14-7-4-10-22-14/h4,7,10-11,13,16H,2-3,5-6,8-9H2,1H3,(H,18,20). The van der Waals surface area contributed by atoms with Gasteiger partial charge in [0.1, 0.15) is 0 Å². The lowest BCUT2D eigenvalue weighted by Crippen LogP contribution is -2.33. The number of rotatable bonds is 6. The van der Waals surface area contributed by atoms with Gasteiger partial charge in [-0.2, -0.15) is 0 Å². The van der Waals surface area contributed by atoms with Gasteiger partial charge in [0.25, 0.3) is 0 Å². The molecular formula is C17H22N2O2S2. The third kappa shape index (κ3) is 3.93. The van der Waals surface area contributed by atoms with Crippen molar-refractivity contribution < 1.29 is 4.79 Å². The highest BCUT2D eigenvalue weighted by Crippen LogP contribution is 2.37. The largest absolute Gasteiger partial charge is 0.348 e. The molecule has 1 atom stereocenters. The van der Waals surface area contributed by atoms with E-state index >= 15 is 0 Å². The Labute approximate surface area is 144 Å². The highest BCUT2D eigenvalue weighted by Gasteiger charge is 2.28. The van der Waals surface area contributed by atoms with Crippen molar-refractivity contribution in [2.24, 2.45) is 5.92 Å². The molecular weight excluding hydrogens is 328 g/mol. The van der Waals surface area contributed by atoms with Crippen LogP contribution >= 0.6 is 22.7 Å². The molecule has 1 aliphatic rings. The first-order valence-electron chi connectivity index (χ1n) is 8.13. The highest BCUT2D eigenvalue weighted by atomic mass is 32.1. The van der Waals surface area contributed by atoms with Crippen LogP contribution in [0, 0.1) is 12.8 Å². The predicted molar refractivity (Wildman–Crippen MR) is 95.1 cm³/mol. The van der Waals surface area contributed by atoms with Gasteiger partial charge in [0.15, 0.2) is 0 Å². The van der Waals surface area contributed by atoms with E-state index in [0.29, 0.717) is 18.9 Å². The lowest BCUT2D eigenvalue weighted by molar-refractivity contribution is -0.122. The van der Waals surface area contributed by atoms with Crippen molar-refractivity contribution in [1.29, 1.82) is 0 Å². The number of thiazole rings is 1. The number of thiophene rings is 1. The van der Waals surface area contributed by atoms with Crippen molar-refractivity contribution in [2.75, 3.05) is 0 Å². The summed E-state index contributed by atoms with van der Waals surface area (Å²) in [6.07, 6.45) is 5.24. The van der Waals surface area contributed by atoms with Gasteiger partial charge >= 0.3 is 4.87 Å². The van der Waals surface area contributed by atoms with E-state index in [1.165, 1.54) is 41.9 Å². The van der Waals surface area contributed by atoms with Crippen LogP contribution in [0.3, 0.4) is 0 Å². The Balaban J connectivity index is 1.63. The first-order valence-corrected chi connectivity index (χ1v) is 9.89. The Bertz CT molecular complexity index is 697. The second kappa shape index (κ2) is 7.45. The van der Waals surface area contributed by atoms with Crippen molar-refractivity contribution in [3.8, 4) is 0 Å². The minimum absolute atomic E-state index is 0.0147. The molecule has 0 aromatic carbocycles. The number of nitrogens with zero attached hydrogens (tertiary/aromatic N) is 1. The molecule has 3 rings (SSSR count). The van der Waals surface area contributed by atoms with E-state index in [9.17, 15) is 9.59 Å². The van der Waals surface area contributed by atoms with Crippen molar-refractivity contribution in [2.45, 2.75) is 51.6 Å². The monoisotopic (exact) mass is 350 g/mol. The van der Waals surface area contributed by atoms with E-state index in [2.05, 4.69) is 16.8 Å². The van der Waals surface area contributed by atoms with Gasteiger partial charge in [-0.25, -0.2) is 0 Å².